The van der Waals surface area contributed by atoms with E-state index in [1.807, 2.05) is 0 Å². The average Bonchev–Trinajstić information content (AvgIpc) is 2.60. The average molecular weight is 397 g/mol. The van der Waals surface area contributed by atoms with Crippen LogP contribution in [0.4, 0.5) is 4.79 Å². The van der Waals surface area contributed by atoms with Crippen LogP contribution in [0.5, 0.6) is 5.75 Å². The molecular formula is C18H18Cl2N2O4. The topological polar surface area (TPSA) is 90.7 Å². The molecule has 2 aromatic carbocycles. The second kappa shape index (κ2) is 9.89. The number of amides is 2. The van der Waals surface area contributed by atoms with Gasteiger partial charge >= 0.3 is 12.0 Å². The highest BCUT2D eigenvalue weighted by Crippen LogP contribution is 2.23. The molecule has 8 heteroatoms. The molecule has 0 aliphatic heterocycles. The van der Waals surface area contributed by atoms with Gasteiger partial charge in [0.1, 0.15) is 19.0 Å². The van der Waals surface area contributed by atoms with Crippen LogP contribution in [0.25, 0.3) is 0 Å². The lowest BCUT2D eigenvalue weighted by Crippen LogP contribution is -2.34. The first-order chi connectivity index (χ1) is 12.5. The molecule has 0 fully saturated rings. The molecule has 6 nitrogen and oxygen atoms in total. The summed E-state index contributed by atoms with van der Waals surface area (Å²) in [5.41, 5.74) is 5.87. The zero-order chi connectivity index (χ0) is 18.9. The molecule has 0 bridgehead atoms. The number of ether oxygens (including phenoxy) is 2. The lowest BCUT2D eigenvalue weighted by molar-refractivity contribution is -0.144. The van der Waals surface area contributed by atoms with Gasteiger partial charge in [0.25, 0.3) is 0 Å². The van der Waals surface area contributed by atoms with Crippen LogP contribution in [-0.2, 0) is 9.53 Å². The van der Waals surface area contributed by atoms with Crippen molar-refractivity contribution in [3.05, 3.63) is 64.1 Å². The van der Waals surface area contributed by atoms with E-state index in [-0.39, 0.29) is 19.6 Å². The third-order valence-electron chi connectivity index (χ3n) is 3.40. The van der Waals surface area contributed by atoms with Gasteiger partial charge in [0, 0.05) is 5.02 Å². The molecule has 0 aliphatic rings. The summed E-state index contributed by atoms with van der Waals surface area (Å²) in [5.74, 6) is 0.0149. The Kier molecular flexibility index (Phi) is 7.56. The molecule has 0 saturated carbocycles. The van der Waals surface area contributed by atoms with Gasteiger partial charge in [0.15, 0.2) is 0 Å². The van der Waals surface area contributed by atoms with E-state index in [2.05, 4.69) is 5.32 Å². The second-order valence-electron chi connectivity index (χ2n) is 5.32. The Balaban J connectivity index is 1.84. The monoisotopic (exact) mass is 396 g/mol. The highest BCUT2D eigenvalue weighted by Gasteiger charge is 2.18. The van der Waals surface area contributed by atoms with Crippen molar-refractivity contribution < 1.29 is 19.1 Å². The van der Waals surface area contributed by atoms with Crippen molar-refractivity contribution in [1.82, 2.24) is 5.32 Å². The second-order valence-corrected chi connectivity index (χ2v) is 6.16. The molecule has 0 unspecified atom stereocenters. The van der Waals surface area contributed by atoms with Crippen LogP contribution in [0, 0.1) is 0 Å². The van der Waals surface area contributed by atoms with Crippen molar-refractivity contribution in [1.29, 1.82) is 0 Å². The van der Waals surface area contributed by atoms with E-state index in [9.17, 15) is 9.59 Å². The Morgan fingerprint density at radius 2 is 1.73 bits per heavy atom. The number of rotatable bonds is 8. The minimum atomic E-state index is -0.736. The number of benzene rings is 2. The van der Waals surface area contributed by atoms with Crippen molar-refractivity contribution >= 4 is 35.2 Å². The molecule has 0 aromatic heterocycles. The summed E-state index contributed by atoms with van der Waals surface area (Å²) in [7, 11) is 0. The molecule has 2 amide bonds. The zero-order valence-corrected chi connectivity index (χ0v) is 15.3. The maximum absolute atomic E-state index is 12.0. The predicted molar refractivity (Wildman–Crippen MR) is 99.4 cm³/mol. The summed E-state index contributed by atoms with van der Waals surface area (Å²) in [6, 6.07) is 12.4. The fourth-order valence-corrected chi connectivity index (χ4v) is 2.53. The Bertz CT molecular complexity index is 753. The van der Waals surface area contributed by atoms with Crippen LogP contribution in [0.1, 0.15) is 18.0 Å². The van der Waals surface area contributed by atoms with Crippen LogP contribution in [0.2, 0.25) is 10.0 Å². The maximum atomic E-state index is 12.0. The molecule has 0 saturated heterocycles. The molecular weight excluding hydrogens is 379 g/mol. The van der Waals surface area contributed by atoms with Gasteiger partial charge in [0.05, 0.1) is 17.5 Å². The zero-order valence-electron chi connectivity index (χ0n) is 13.8. The number of carbonyl (C=O) groups excluding carboxylic acids is 2. The highest BCUT2D eigenvalue weighted by atomic mass is 35.5. The fraction of sp³-hybridized carbons (Fsp3) is 0.222. The molecule has 3 N–H and O–H groups in total. The van der Waals surface area contributed by atoms with E-state index in [1.165, 1.54) is 0 Å². The summed E-state index contributed by atoms with van der Waals surface area (Å²) in [6.45, 7) is 0.207. The van der Waals surface area contributed by atoms with E-state index in [0.29, 0.717) is 21.4 Å². The standard InChI is InChI=1S/C18H18Cl2N2O4/c19-13-7-5-12(6-8-13)15(22-18(21)24)11-17(23)26-10-9-25-16-4-2-1-3-14(16)20/h1-8,15H,9-11H2,(H3,21,22,24)/t15-/m1/s1. The van der Waals surface area contributed by atoms with Crippen LogP contribution >= 0.6 is 23.2 Å². The molecule has 0 heterocycles. The van der Waals surface area contributed by atoms with Crippen molar-refractivity contribution in [2.45, 2.75) is 12.5 Å². The number of primary amides is 1. The van der Waals surface area contributed by atoms with Gasteiger partial charge in [-0.25, -0.2) is 4.79 Å². The van der Waals surface area contributed by atoms with Gasteiger partial charge in [-0.1, -0.05) is 47.5 Å². The van der Waals surface area contributed by atoms with E-state index in [1.54, 1.807) is 48.5 Å². The van der Waals surface area contributed by atoms with Gasteiger partial charge in [-0.05, 0) is 29.8 Å². The van der Waals surface area contributed by atoms with Gasteiger partial charge in [-0.3, -0.25) is 4.79 Å². The highest BCUT2D eigenvalue weighted by molar-refractivity contribution is 6.32. The molecule has 0 aliphatic carbocycles. The van der Waals surface area contributed by atoms with E-state index in [0.717, 1.165) is 0 Å². The first-order valence-corrected chi connectivity index (χ1v) is 8.55. The molecule has 0 radical (unpaired) electrons. The van der Waals surface area contributed by atoms with Crippen molar-refractivity contribution in [3.63, 3.8) is 0 Å². The number of nitrogens with two attached hydrogens (primary N) is 1. The van der Waals surface area contributed by atoms with Crippen LogP contribution in [0.3, 0.4) is 0 Å². The summed E-state index contributed by atoms with van der Waals surface area (Å²) in [5, 5.41) is 3.54. The van der Waals surface area contributed by atoms with Gasteiger partial charge in [-0.15, -0.1) is 0 Å². The number of urea groups is 1. The lowest BCUT2D eigenvalue weighted by Gasteiger charge is -2.17. The lowest BCUT2D eigenvalue weighted by atomic mass is 10.0. The number of carbonyl (C=O) groups is 2. The fourth-order valence-electron chi connectivity index (χ4n) is 2.21. The van der Waals surface area contributed by atoms with E-state index >= 15 is 0 Å². The van der Waals surface area contributed by atoms with Crippen molar-refractivity contribution in [3.8, 4) is 5.75 Å². The summed E-state index contributed by atoms with van der Waals surface area (Å²) in [4.78, 5) is 23.2. The number of esters is 1. The number of para-hydroxylation sites is 1. The smallest absolute Gasteiger partial charge is 0.312 e. The van der Waals surface area contributed by atoms with Crippen LogP contribution in [-0.4, -0.2) is 25.2 Å². The quantitative estimate of drug-likeness (QED) is 0.525. The first kappa shape index (κ1) is 19.9. The minimum absolute atomic E-state index is 0.0496. The first-order valence-electron chi connectivity index (χ1n) is 7.80. The van der Waals surface area contributed by atoms with E-state index in [4.69, 9.17) is 38.4 Å². The summed E-state index contributed by atoms with van der Waals surface area (Å²) >= 11 is 11.8. The number of halogens is 2. The number of hydrogen-bond donors (Lipinski definition) is 2. The summed E-state index contributed by atoms with van der Waals surface area (Å²) in [6.07, 6.45) is -0.0728. The molecule has 1 atom stereocenters. The van der Waals surface area contributed by atoms with Crippen molar-refractivity contribution in [2.24, 2.45) is 5.73 Å². The molecule has 0 spiro atoms. The third-order valence-corrected chi connectivity index (χ3v) is 3.96. The largest absolute Gasteiger partial charge is 0.488 e. The number of nitrogens with one attached hydrogen (secondary N) is 1. The molecule has 2 rings (SSSR count). The molecule has 26 heavy (non-hydrogen) atoms. The van der Waals surface area contributed by atoms with E-state index < -0.39 is 18.0 Å². The van der Waals surface area contributed by atoms with Gasteiger partial charge in [0.2, 0.25) is 0 Å². The maximum Gasteiger partial charge on any atom is 0.312 e. The van der Waals surface area contributed by atoms with Crippen LogP contribution in [0.15, 0.2) is 48.5 Å². The predicted octanol–water partition coefficient (Wildman–Crippen LogP) is 3.72. The Hall–Kier alpha value is -2.44. The third kappa shape index (κ3) is 6.46. The molecule has 138 valence electrons. The van der Waals surface area contributed by atoms with Gasteiger partial charge < -0.3 is 20.5 Å². The Morgan fingerprint density at radius 1 is 1.04 bits per heavy atom. The SMILES string of the molecule is NC(=O)N[C@H](CC(=O)OCCOc1ccccc1Cl)c1ccc(Cl)cc1. The normalized spacial score (nSPS) is 11.5. The Labute approximate surface area is 161 Å². The van der Waals surface area contributed by atoms with Gasteiger partial charge in [-0.2, -0.15) is 0 Å². The van der Waals surface area contributed by atoms with Crippen molar-refractivity contribution in [2.75, 3.05) is 13.2 Å². The number of hydrogen-bond acceptors (Lipinski definition) is 4. The van der Waals surface area contributed by atoms with Crippen LogP contribution < -0.4 is 15.8 Å². The molecule has 2 aromatic rings. The Morgan fingerprint density at radius 3 is 2.38 bits per heavy atom. The minimum Gasteiger partial charge on any atom is -0.488 e. The summed E-state index contributed by atoms with van der Waals surface area (Å²) < 4.78 is 10.6.